The van der Waals surface area contributed by atoms with Crippen LogP contribution in [0.1, 0.15) is 0 Å². The Morgan fingerprint density at radius 3 is 2.03 bits per heavy atom. The van der Waals surface area contributed by atoms with E-state index in [0.29, 0.717) is 22.3 Å². The first-order valence-corrected chi connectivity index (χ1v) is 9.90. The van der Waals surface area contributed by atoms with Crippen LogP contribution in [0.15, 0.2) is 39.5 Å². The van der Waals surface area contributed by atoms with Crippen LogP contribution in [0.4, 0.5) is 0 Å². The van der Waals surface area contributed by atoms with Crippen molar-refractivity contribution in [1.82, 2.24) is 0 Å². The van der Waals surface area contributed by atoms with E-state index in [0.717, 1.165) is 0 Å². The summed E-state index contributed by atoms with van der Waals surface area (Å²) in [6.45, 7) is 0. The summed E-state index contributed by atoms with van der Waals surface area (Å²) < 4.78 is 42.3. The number of rotatable bonds is 7. The minimum absolute atomic E-state index is 0. The van der Waals surface area contributed by atoms with Gasteiger partial charge in [-0.15, -0.1) is 0 Å². The average molecular weight is 483 g/mol. The van der Waals surface area contributed by atoms with Gasteiger partial charge in [0.15, 0.2) is 22.8 Å². The Labute approximate surface area is 227 Å². The summed E-state index contributed by atoms with van der Waals surface area (Å²) in [5, 5.41) is 0.425. The molecule has 1 heterocycles. The van der Waals surface area contributed by atoms with Crippen molar-refractivity contribution >= 4 is 18.8 Å². The molecule has 0 amide bonds. The number of fused-ring (bicyclic) bond motifs is 1. The minimum atomic E-state index is -5.10. The molecule has 0 radical (unpaired) electrons. The summed E-state index contributed by atoms with van der Waals surface area (Å²) >= 11 is 0. The van der Waals surface area contributed by atoms with Crippen molar-refractivity contribution in [2.75, 3.05) is 28.4 Å². The van der Waals surface area contributed by atoms with Crippen molar-refractivity contribution in [2.45, 2.75) is 0 Å². The van der Waals surface area contributed by atoms with Crippen molar-refractivity contribution < 1.29 is 101 Å². The minimum Gasteiger partial charge on any atom is -0.746 e. The smallest absolute Gasteiger partial charge is 0.746 e. The topological polar surface area (TPSA) is 137 Å². The number of methoxy groups -OCH3 is 4. The Hall–Kier alpha value is -1.20. The summed E-state index contributed by atoms with van der Waals surface area (Å²) in [6.07, 6.45) is 0. The molecule has 1 atom stereocenters. The molecule has 10 nitrogen and oxygen atoms in total. The molecule has 0 fully saturated rings. The monoisotopic (exact) mass is 483 g/mol. The van der Waals surface area contributed by atoms with Crippen molar-refractivity contribution in [2.24, 2.45) is 0 Å². The van der Waals surface area contributed by atoms with Gasteiger partial charge in [-0.2, -0.15) is 0 Å². The fraction of sp³-hybridized carbons (Fsp3) is 0.211. The molecule has 0 saturated carbocycles. The molecule has 1 N–H and O–H groups in total. The van der Waals surface area contributed by atoms with Crippen LogP contribution in [0.5, 0.6) is 28.7 Å². The summed E-state index contributed by atoms with van der Waals surface area (Å²) in [7, 11) is 0.447. The molecule has 0 spiro atoms. The quantitative estimate of drug-likeness (QED) is 0.204. The van der Waals surface area contributed by atoms with E-state index in [9.17, 15) is 14.3 Å². The van der Waals surface area contributed by atoms with Crippen LogP contribution in [-0.4, -0.2) is 33.3 Å². The first kappa shape index (κ1) is 28.8. The van der Waals surface area contributed by atoms with Crippen molar-refractivity contribution in [3.63, 3.8) is 0 Å². The van der Waals surface area contributed by atoms with E-state index < -0.39 is 13.4 Å². The number of hydrogen-bond acceptors (Lipinski definition) is 9. The molecule has 2 aromatic carbocycles. The van der Waals surface area contributed by atoms with Crippen molar-refractivity contribution in [3.05, 3.63) is 40.8 Å². The number of phosphoric acid groups is 1. The second kappa shape index (κ2) is 11.8. The van der Waals surface area contributed by atoms with E-state index in [1.54, 1.807) is 12.1 Å². The Bertz CT molecular complexity index is 1200. The molecule has 0 aliphatic heterocycles. The third-order valence-electron chi connectivity index (χ3n) is 4.23. The van der Waals surface area contributed by atoms with Gasteiger partial charge in [0.25, 0.3) is 0 Å². The predicted octanol–water partition coefficient (Wildman–Crippen LogP) is -3.66. The maximum Gasteiger partial charge on any atom is 1.00 e. The fourth-order valence-corrected chi connectivity index (χ4v) is 3.43. The molecule has 0 saturated heterocycles. The van der Waals surface area contributed by atoms with Gasteiger partial charge in [0.1, 0.15) is 0 Å². The summed E-state index contributed by atoms with van der Waals surface area (Å²) in [5.74, 6) is 0.508. The number of ether oxygens (including phenoxy) is 4. The molecular formula is C19H18Na2O10P+. The SMILES string of the molecule is COc1ccc(-c2cc(=O)oc3c(OC)c(OC)c(OC)cc23)cc1OP(=O)([O-])O.[Na+].[Na+]. The third kappa shape index (κ3) is 6.02. The molecule has 32 heavy (non-hydrogen) atoms. The van der Waals surface area contributed by atoms with Gasteiger partial charge in [-0.25, -0.2) is 4.79 Å². The third-order valence-corrected chi connectivity index (χ3v) is 4.66. The van der Waals surface area contributed by atoms with Crippen molar-refractivity contribution in [3.8, 4) is 39.9 Å². The first-order chi connectivity index (χ1) is 14.2. The Morgan fingerprint density at radius 2 is 1.50 bits per heavy atom. The fourth-order valence-electron chi connectivity index (χ4n) is 3.04. The van der Waals surface area contributed by atoms with Gasteiger partial charge in [0, 0.05) is 17.0 Å². The van der Waals surface area contributed by atoms with Crippen LogP contribution >= 0.6 is 7.82 Å². The molecular weight excluding hydrogens is 465 g/mol. The zero-order valence-corrected chi connectivity index (χ0v) is 23.3. The molecule has 0 aliphatic rings. The van der Waals surface area contributed by atoms with Gasteiger partial charge in [-0.1, -0.05) is 6.07 Å². The largest absolute Gasteiger partial charge is 1.00 e. The van der Waals surface area contributed by atoms with E-state index >= 15 is 0 Å². The van der Waals surface area contributed by atoms with E-state index in [-0.39, 0.29) is 87.7 Å². The maximum atomic E-state index is 12.3. The van der Waals surface area contributed by atoms with Crippen LogP contribution in [0, 0.1) is 0 Å². The molecule has 0 aliphatic carbocycles. The Morgan fingerprint density at radius 1 is 0.875 bits per heavy atom. The standard InChI is InChI=1S/C19H19O10P.2Na/c1-24-13-6-5-10(7-14(13)29-30(21,22)23)11-9-16(20)28-17-12(11)8-15(25-2)18(26-3)19(17)27-4;;/h5-9H,1-4H3,(H2,21,22,23);;/q;2*+1/p-1. The zero-order valence-electron chi connectivity index (χ0n) is 18.5. The number of benzene rings is 2. The van der Waals surface area contributed by atoms with Crippen LogP contribution in [-0.2, 0) is 4.57 Å². The van der Waals surface area contributed by atoms with Gasteiger partial charge in [0.2, 0.25) is 11.5 Å². The van der Waals surface area contributed by atoms with Gasteiger partial charge >= 0.3 is 72.6 Å². The van der Waals surface area contributed by atoms with E-state index in [2.05, 4.69) is 4.52 Å². The molecule has 1 unspecified atom stereocenters. The van der Waals surface area contributed by atoms with E-state index in [4.69, 9.17) is 28.3 Å². The average Bonchev–Trinajstić information content (AvgIpc) is 2.70. The normalized spacial score (nSPS) is 12.1. The maximum absolute atomic E-state index is 12.3. The second-order valence-corrected chi connectivity index (χ2v) is 7.05. The van der Waals surface area contributed by atoms with Crippen LogP contribution in [0.3, 0.4) is 0 Å². The first-order valence-electron chi connectivity index (χ1n) is 8.41. The predicted molar refractivity (Wildman–Crippen MR) is 105 cm³/mol. The molecule has 3 aromatic rings. The number of phosphoric ester groups is 1. The Balaban J connectivity index is 0.00000256. The number of hydrogen-bond donors (Lipinski definition) is 1. The van der Waals surface area contributed by atoms with Crippen molar-refractivity contribution in [1.29, 1.82) is 0 Å². The van der Waals surface area contributed by atoms with Crippen LogP contribution in [0.25, 0.3) is 22.1 Å². The van der Waals surface area contributed by atoms with Gasteiger partial charge in [0.05, 0.1) is 28.4 Å². The van der Waals surface area contributed by atoms with Gasteiger partial charge in [-0.3, -0.25) is 4.57 Å². The Kier molecular flexibility index (Phi) is 10.6. The summed E-state index contributed by atoms with van der Waals surface area (Å²) in [5.41, 5.74) is 0.170. The molecule has 3 rings (SSSR count). The summed E-state index contributed by atoms with van der Waals surface area (Å²) in [4.78, 5) is 32.5. The van der Waals surface area contributed by atoms with Gasteiger partial charge < -0.3 is 37.7 Å². The van der Waals surface area contributed by atoms with Crippen LogP contribution in [0.2, 0.25) is 0 Å². The second-order valence-electron chi connectivity index (χ2n) is 5.93. The van der Waals surface area contributed by atoms with E-state index in [1.165, 1.54) is 46.6 Å². The summed E-state index contributed by atoms with van der Waals surface area (Å²) in [6, 6.07) is 7.12. The van der Waals surface area contributed by atoms with E-state index in [1.807, 2.05) is 0 Å². The van der Waals surface area contributed by atoms with Gasteiger partial charge in [-0.05, 0) is 23.8 Å². The zero-order chi connectivity index (χ0) is 22.1. The molecule has 0 bridgehead atoms. The molecule has 1 aromatic heterocycles. The molecule has 160 valence electrons. The molecule has 13 heteroatoms. The van der Waals surface area contributed by atoms with Crippen LogP contribution < -0.4 is 93.1 Å².